The zero-order valence-corrected chi connectivity index (χ0v) is 10.1. The van der Waals surface area contributed by atoms with Gasteiger partial charge in [0, 0.05) is 0 Å². The Bertz CT molecular complexity index is 338. The molecule has 0 heterocycles. The summed E-state index contributed by atoms with van der Waals surface area (Å²) in [5, 5.41) is -0.544. The molecule has 1 nitrogen and oxygen atoms in total. The number of hydrogen-bond donors (Lipinski definition) is 0. The molecule has 1 fully saturated rings. The second kappa shape index (κ2) is 5.05. The topological polar surface area (TPSA) is 9.23 Å². The molecular weight excluding hydrogens is 227 g/mol. The number of halogens is 2. The second-order valence-electron chi connectivity index (χ2n) is 4.47. The number of alkyl halides is 2. The van der Waals surface area contributed by atoms with Crippen LogP contribution in [0.2, 0.25) is 0 Å². The highest BCUT2D eigenvalue weighted by atomic mass is 35.5. The van der Waals surface area contributed by atoms with Crippen LogP contribution in [-0.4, -0.2) is 13.3 Å². The summed E-state index contributed by atoms with van der Waals surface area (Å²) >= 11 is 5.78. The lowest BCUT2D eigenvalue weighted by Gasteiger charge is -2.08. The maximum Gasteiger partial charge on any atom is 0.119 e. The summed E-state index contributed by atoms with van der Waals surface area (Å²) in [5.41, 5.74) is 0.802. The highest BCUT2D eigenvalue weighted by Crippen LogP contribution is 2.37. The lowest BCUT2D eigenvalue weighted by molar-refractivity contribution is 0.293. The Morgan fingerprint density at radius 3 is 2.56 bits per heavy atom. The molecular formula is C13H16ClFO. The molecule has 16 heavy (non-hydrogen) atoms. The molecule has 3 heteroatoms. The molecule has 3 atom stereocenters. The van der Waals surface area contributed by atoms with Gasteiger partial charge >= 0.3 is 0 Å². The zero-order chi connectivity index (χ0) is 11.5. The SMILES string of the molecule is C[C@H]1C[C@@H]1COc1ccc(C(Cl)CF)cc1. The molecule has 1 saturated carbocycles. The molecule has 1 aliphatic carbocycles. The zero-order valence-electron chi connectivity index (χ0n) is 9.33. The van der Waals surface area contributed by atoms with Gasteiger partial charge in [0.25, 0.3) is 0 Å². The molecule has 0 radical (unpaired) electrons. The van der Waals surface area contributed by atoms with Crippen LogP contribution in [-0.2, 0) is 0 Å². The highest BCUT2D eigenvalue weighted by molar-refractivity contribution is 6.20. The second-order valence-corrected chi connectivity index (χ2v) is 5.00. The van der Waals surface area contributed by atoms with Crippen molar-refractivity contribution in [2.45, 2.75) is 18.7 Å². The summed E-state index contributed by atoms with van der Waals surface area (Å²) in [6.45, 7) is 2.48. The first kappa shape index (κ1) is 11.7. The average Bonchev–Trinajstić information content (AvgIpc) is 3.02. The molecule has 0 aliphatic heterocycles. The summed E-state index contributed by atoms with van der Waals surface area (Å²) in [7, 11) is 0. The molecule has 0 aromatic heterocycles. The van der Waals surface area contributed by atoms with Crippen molar-refractivity contribution < 1.29 is 9.13 Å². The van der Waals surface area contributed by atoms with Gasteiger partial charge < -0.3 is 4.74 Å². The molecule has 1 aliphatic rings. The molecule has 2 rings (SSSR count). The van der Waals surface area contributed by atoms with Crippen molar-refractivity contribution in [2.75, 3.05) is 13.3 Å². The van der Waals surface area contributed by atoms with E-state index in [1.165, 1.54) is 6.42 Å². The normalized spacial score (nSPS) is 25.2. The molecule has 0 amide bonds. The minimum Gasteiger partial charge on any atom is -0.493 e. The molecule has 0 saturated heterocycles. The van der Waals surface area contributed by atoms with Crippen LogP contribution in [0.3, 0.4) is 0 Å². The van der Waals surface area contributed by atoms with Gasteiger partial charge in [-0.1, -0.05) is 19.1 Å². The minimum absolute atomic E-state index is 0.540. The molecule has 0 spiro atoms. The van der Waals surface area contributed by atoms with Gasteiger partial charge in [-0.15, -0.1) is 11.6 Å². The predicted molar refractivity (Wildman–Crippen MR) is 63.8 cm³/mol. The van der Waals surface area contributed by atoms with Crippen LogP contribution in [0.25, 0.3) is 0 Å². The van der Waals surface area contributed by atoms with Crippen LogP contribution < -0.4 is 4.74 Å². The summed E-state index contributed by atoms with van der Waals surface area (Å²) in [6.07, 6.45) is 1.27. The Kier molecular flexibility index (Phi) is 3.70. The monoisotopic (exact) mass is 242 g/mol. The lowest BCUT2D eigenvalue weighted by atomic mass is 10.1. The largest absolute Gasteiger partial charge is 0.493 e. The van der Waals surface area contributed by atoms with Crippen molar-refractivity contribution in [1.82, 2.24) is 0 Å². The van der Waals surface area contributed by atoms with E-state index < -0.39 is 12.1 Å². The summed E-state index contributed by atoms with van der Waals surface area (Å²) < 4.78 is 17.9. The average molecular weight is 243 g/mol. The third-order valence-electron chi connectivity index (χ3n) is 3.12. The van der Waals surface area contributed by atoms with Crippen LogP contribution >= 0.6 is 11.6 Å². The Balaban J connectivity index is 1.86. The van der Waals surface area contributed by atoms with E-state index in [-0.39, 0.29) is 0 Å². The molecule has 1 aromatic rings. The maximum absolute atomic E-state index is 12.3. The summed E-state index contributed by atoms with van der Waals surface area (Å²) in [5.74, 6) is 2.36. The highest BCUT2D eigenvalue weighted by Gasteiger charge is 2.32. The van der Waals surface area contributed by atoms with Gasteiger partial charge in [0.15, 0.2) is 0 Å². The first-order valence-electron chi connectivity index (χ1n) is 5.63. The van der Waals surface area contributed by atoms with E-state index in [4.69, 9.17) is 16.3 Å². The number of hydrogen-bond acceptors (Lipinski definition) is 1. The fraction of sp³-hybridized carbons (Fsp3) is 0.538. The van der Waals surface area contributed by atoms with E-state index >= 15 is 0 Å². The number of rotatable bonds is 5. The molecule has 1 aromatic carbocycles. The van der Waals surface area contributed by atoms with E-state index in [0.717, 1.165) is 23.8 Å². The van der Waals surface area contributed by atoms with Gasteiger partial charge in [-0.25, -0.2) is 4.39 Å². The van der Waals surface area contributed by atoms with Crippen LogP contribution in [0.5, 0.6) is 5.75 Å². The third-order valence-corrected chi connectivity index (χ3v) is 3.49. The van der Waals surface area contributed by atoms with E-state index in [2.05, 4.69) is 6.92 Å². The van der Waals surface area contributed by atoms with E-state index in [9.17, 15) is 4.39 Å². The first-order valence-corrected chi connectivity index (χ1v) is 6.07. The Morgan fingerprint density at radius 2 is 2.06 bits per heavy atom. The van der Waals surface area contributed by atoms with Crippen molar-refractivity contribution in [3.8, 4) is 5.75 Å². The van der Waals surface area contributed by atoms with Crippen LogP contribution in [0.1, 0.15) is 24.3 Å². The first-order chi connectivity index (χ1) is 7.70. The lowest BCUT2D eigenvalue weighted by Crippen LogP contribution is -2.00. The third kappa shape index (κ3) is 2.88. The van der Waals surface area contributed by atoms with Crippen LogP contribution in [0.15, 0.2) is 24.3 Å². The Hall–Kier alpha value is -0.760. The van der Waals surface area contributed by atoms with Crippen molar-refractivity contribution in [3.63, 3.8) is 0 Å². The minimum atomic E-state index is -0.544. The fourth-order valence-electron chi connectivity index (χ4n) is 1.70. The van der Waals surface area contributed by atoms with Crippen molar-refractivity contribution in [3.05, 3.63) is 29.8 Å². The number of ether oxygens (including phenoxy) is 1. The van der Waals surface area contributed by atoms with Gasteiger partial charge in [0.2, 0.25) is 0 Å². The fourth-order valence-corrected chi connectivity index (χ4v) is 1.84. The molecule has 1 unspecified atom stereocenters. The van der Waals surface area contributed by atoms with Crippen LogP contribution in [0.4, 0.5) is 4.39 Å². The van der Waals surface area contributed by atoms with Crippen LogP contribution in [0, 0.1) is 11.8 Å². The van der Waals surface area contributed by atoms with Gasteiger partial charge in [-0.2, -0.15) is 0 Å². The standard InChI is InChI=1S/C13H16ClFO/c1-9-6-11(9)8-16-12-4-2-10(3-5-12)13(14)7-15/h2-5,9,11,13H,6-8H2,1H3/t9-,11+,13?/m0/s1. The van der Waals surface area contributed by atoms with Gasteiger partial charge in [0.05, 0.1) is 12.0 Å². The van der Waals surface area contributed by atoms with Crippen molar-refractivity contribution in [2.24, 2.45) is 11.8 Å². The van der Waals surface area contributed by atoms with Gasteiger partial charge in [0.1, 0.15) is 12.4 Å². The Labute approximate surface area is 101 Å². The summed E-state index contributed by atoms with van der Waals surface area (Å²) in [4.78, 5) is 0. The maximum atomic E-state index is 12.3. The van der Waals surface area contributed by atoms with Crippen molar-refractivity contribution >= 4 is 11.6 Å². The molecule has 88 valence electrons. The summed E-state index contributed by atoms with van der Waals surface area (Å²) in [6, 6.07) is 7.35. The van der Waals surface area contributed by atoms with E-state index in [1.807, 2.05) is 24.3 Å². The number of benzene rings is 1. The smallest absolute Gasteiger partial charge is 0.119 e. The van der Waals surface area contributed by atoms with E-state index in [0.29, 0.717) is 5.92 Å². The predicted octanol–water partition coefficient (Wildman–Crippen LogP) is 3.97. The molecule has 0 bridgehead atoms. The molecule has 0 N–H and O–H groups in total. The van der Waals surface area contributed by atoms with Gasteiger partial charge in [-0.3, -0.25) is 0 Å². The van der Waals surface area contributed by atoms with Gasteiger partial charge in [-0.05, 0) is 36.0 Å². The van der Waals surface area contributed by atoms with E-state index in [1.54, 1.807) is 0 Å². The quantitative estimate of drug-likeness (QED) is 0.710. The Morgan fingerprint density at radius 1 is 1.44 bits per heavy atom. The van der Waals surface area contributed by atoms with Crippen molar-refractivity contribution in [1.29, 1.82) is 0 Å².